The first-order chi connectivity index (χ1) is 15.0. The molecule has 0 spiro atoms. The van der Waals surface area contributed by atoms with E-state index in [4.69, 9.17) is 16.0 Å². The van der Waals surface area contributed by atoms with Crippen molar-refractivity contribution in [1.29, 1.82) is 0 Å². The molecule has 1 amide bonds. The summed E-state index contributed by atoms with van der Waals surface area (Å²) in [4.78, 5) is 33.0. The summed E-state index contributed by atoms with van der Waals surface area (Å²) in [5.74, 6) is 1.03. The van der Waals surface area contributed by atoms with Gasteiger partial charge >= 0.3 is 0 Å². The largest absolute Gasteiger partial charge is 0.441 e. The number of hydrogen-bond donors (Lipinski definition) is 1. The van der Waals surface area contributed by atoms with Crippen molar-refractivity contribution in [1.82, 2.24) is 14.5 Å². The maximum atomic E-state index is 12.5. The number of amides is 1. The number of benzene rings is 2. The monoisotopic (exact) mass is 434 g/mol. The number of aromatic nitrogens is 3. The number of carbonyl (C=O) groups is 2. The van der Waals surface area contributed by atoms with Gasteiger partial charge in [-0.3, -0.25) is 9.59 Å². The lowest BCUT2D eigenvalue weighted by atomic mass is 10.1. The van der Waals surface area contributed by atoms with Gasteiger partial charge in [0.25, 0.3) is 0 Å². The van der Waals surface area contributed by atoms with E-state index in [-0.39, 0.29) is 18.1 Å². The highest BCUT2D eigenvalue weighted by molar-refractivity contribution is 6.33. The highest BCUT2D eigenvalue weighted by atomic mass is 35.5. The predicted octanol–water partition coefficient (Wildman–Crippen LogP) is 4.53. The van der Waals surface area contributed by atoms with Crippen molar-refractivity contribution >= 4 is 29.0 Å². The van der Waals surface area contributed by atoms with Crippen molar-refractivity contribution in [3.63, 3.8) is 0 Å². The fraction of sp³-hybridized carbons (Fsp3) is 0.130. The molecule has 0 saturated carbocycles. The summed E-state index contributed by atoms with van der Waals surface area (Å²) in [5, 5.41) is 3.39. The normalized spacial score (nSPS) is 10.8. The van der Waals surface area contributed by atoms with Crippen LogP contribution < -0.4 is 5.32 Å². The Kier molecular flexibility index (Phi) is 5.95. The van der Waals surface area contributed by atoms with E-state index in [1.165, 1.54) is 0 Å². The fourth-order valence-electron chi connectivity index (χ4n) is 3.07. The molecule has 156 valence electrons. The summed E-state index contributed by atoms with van der Waals surface area (Å²) in [6, 6.07) is 14.0. The highest BCUT2D eigenvalue weighted by Crippen LogP contribution is 2.28. The van der Waals surface area contributed by atoms with Crippen molar-refractivity contribution in [3.05, 3.63) is 89.4 Å². The zero-order chi connectivity index (χ0) is 21.8. The number of imidazole rings is 1. The van der Waals surface area contributed by atoms with E-state index < -0.39 is 0 Å². The van der Waals surface area contributed by atoms with Gasteiger partial charge in [0, 0.05) is 49.1 Å². The lowest BCUT2D eigenvalue weighted by Gasteiger charge is -2.06. The second-order valence-corrected chi connectivity index (χ2v) is 7.32. The van der Waals surface area contributed by atoms with E-state index in [0.29, 0.717) is 40.2 Å². The third-order valence-corrected chi connectivity index (χ3v) is 5.04. The van der Waals surface area contributed by atoms with Crippen molar-refractivity contribution in [2.45, 2.75) is 12.8 Å². The highest BCUT2D eigenvalue weighted by Gasteiger charge is 2.14. The third-order valence-electron chi connectivity index (χ3n) is 4.71. The molecule has 1 N–H and O–H groups in total. The number of halogens is 1. The summed E-state index contributed by atoms with van der Waals surface area (Å²) < 4.78 is 7.38. The molecule has 2 heterocycles. The van der Waals surface area contributed by atoms with Crippen LogP contribution in [0, 0.1) is 0 Å². The molecule has 0 bridgehead atoms. The summed E-state index contributed by atoms with van der Waals surface area (Å²) in [7, 11) is 1.76. The van der Waals surface area contributed by atoms with Crippen LogP contribution >= 0.6 is 11.6 Å². The first kappa shape index (κ1) is 20.6. The first-order valence-electron chi connectivity index (χ1n) is 9.63. The molecule has 0 saturated heterocycles. The molecule has 4 aromatic rings. The maximum absolute atomic E-state index is 12.5. The van der Waals surface area contributed by atoms with Gasteiger partial charge < -0.3 is 14.3 Å². The molecule has 4 rings (SSSR count). The fourth-order valence-corrected chi connectivity index (χ4v) is 3.30. The maximum Gasteiger partial charge on any atom is 0.228 e. The van der Waals surface area contributed by atoms with E-state index in [0.717, 1.165) is 5.56 Å². The van der Waals surface area contributed by atoms with E-state index in [9.17, 15) is 9.59 Å². The molecule has 0 radical (unpaired) electrons. The number of aryl methyl sites for hydroxylation is 2. The van der Waals surface area contributed by atoms with E-state index in [1.54, 1.807) is 60.5 Å². The first-order valence-corrected chi connectivity index (χ1v) is 10.0. The van der Waals surface area contributed by atoms with Crippen LogP contribution in [0.1, 0.15) is 28.5 Å². The van der Waals surface area contributed by atoms with Crippen molar-refractivity contribution in [2.75, 3.05) is 5.32 Å². The number of anilines is 1. The van der Waals surface area contributed by atoms with Gasteiger partial charge in [0.1, 0.15) is 0 Å². The quantitative estimate of drug-likeness (QED) is 0.431. The zero-order valence-electron chi connectivity index (χ0n) is 16.7. The zero-order valence-corrected chi connectivity index (χ0v) is 17.5. The number of oxazole rings is 1. The van der Waals surface area contributed by atoms with Gasteiger partial charge in [0.05, 0.1) is 11.2 Å². The molecular formula is C23H19ClN4O3. The van der Waals surface area contributed by atoms with Crippen molar-refractivity contribution in [2.24, 2.45) is 7.05 Å². The van der Waals surface area contributed by atoms with Crippen LogP contribution in [0.4, 0.5) is 5.69 Å². The van der Waals surface area contributed by atoms with Crippen LogP contribution in [0.25, 0.3) is 11.3 Å². The molecule has 0 aliphatic heterocycles. The standard InChI is InChI=1S/C23H19ClN4O3/c1-28-13-12-25-23(28)22(30)15-6-8-16(9-7-15)27-20(29)10-11-21-26-14-19(31-21)17-4-2-3-5-18(17)24/h2-9,12-14H,10-11H2,1H3,(H,27,29). The number of nitrogens with one attached hydrogen (secondary N) is 1. The van der Waals surface area contributed by atoms with Gasteiger partial charge in [0.2, 0.25) is 11.7 Å². The van der Waals surface area contributed by atoms with Crippen LogP contribution in [0.2, 0.25) is 5.02 Å². The average Bonchev–Trinajstić information content (AvgIpc) is 3.42. The van der Waals surface area contributed by atoms with Crippen molar-refractivity contribution in [3.8, 4) is 11.3 Å². The van der Waals surface area contributed by atoms with Crippen LogP contribution in [0.3, 0.4) is 0 Å². The van der Waals surface area contributed by atoms with Gasteiger partial charge in [-0.1, -0.05) is 23.7 Å². The van der Waals surface area contributed by atoms with Crippen LogP contribution in [-0.4, -0.2) is 26.2 Å². The van der Waals surface area contributed by atoms with E-state index in [2.05, 4.69) is 15.3 Å². The minimum Gasteiger partial charge on any atom is -0.441 e. The van der Waals surface area contributed by atoms with Crippen LogP contribution in [-0.2, 0) is 18.3 Å². The molecule has 0 aliphatic carbocycles. The summed E-state index contributed by atoms with van der Waals surface area (Å²) >= 11 is 6.18. The molecule has 0 fully saturated rings. The lowest BCUT2D eigenvalue weighted by Crippen LogP contribution is -2.13. The van der Waals surface area contributed by atoms with Gasteiger partial charge in [-0.15, -0.1) is 0 Å². The Morgan fingerprint density at radius 1 is 1.10 bits per heavy atom. The van der Waals surface area contributed by atoms with Gasteiger partial charge in [-0.25, -0.2) is 9.97 Å². The molecule has 0 aliphatic rings. The van der Waals surface area contributed by atoms with Crippen molar-refractivity contribution < 1.29 is 14.0 Å². The molecule has 7 nitrogen and oxygen atoms in total. The smallest absolute Gasteiger partial charge is 0.228 e. The molecule has 0 atom stereocenters. The number of ketones is 1. The Labute approximate surface area is 183 Å². The van der Waals surface area contributed by atoms with E-state index in [1.807, 2.05) is 18.2 Å². The minimum atomic E-state index is -0.180. The van der Waals surface area contributed by atoms with Gasteiger partial charge in [0.15, 0.2) is 17.5 Å². The molecule has 31 heavy (non-hydrogen) atoms. The lowest BCUT2D eigenvalue weighted by molar-refractivity contribution is -0.116. The van der Waals surface area contributed by atoms with Gasteiger partial charge in [-0.05, 0) is 36.4 Å². The Hall–Kier alpha value is -3.71. The summed E-state index contributed by atoms with van der Waals surface area (Å²) in [6.45, 7) is 0. The molecule has 2 aromatic heterocycles. The number of carbonyl (C=O) groups excluding carboxylic acids is 2. The second kappa shape index (κ2) is 8.97. The Bertz CT molecular complexity index is 1230. The van der Waals surface area contributed by atoms with Crippen LogP contribution in [0.5, 0.6) is 0 Å². The topological polar surface area (TPSA) is 90.0 Å². The predicted molar refractivity (Wildman–Crippen MR) is 117 cm³/mol. The molecule has 2 aromatic carbocycles. The number of nitrogens with zero attached hydrogens (tertiary/aromatic N) is 3. The SMILES string of the molecule is Cn1ccnc1C(=O)c1ccc(NC(=O)CCc2ncc(-c3ccccc3Cl)o2)cc1. The third kappa shape index (κ3) is 4.73. The minimum absolute atomic E-state index is 0.177. The Morgan fingerprint density at radius 2 is 1.87 bits per heavy atom. The Morgan fingerprint density at radius 3 is 2.58 bits per heavy atom. The molecule has 8 heteroatoms. The van der Waals surface area contributed by atoms with Gasteiger partial charge in [-0.2, -0.15) is 0 Å². The summed E-state index contributed by atoms with van der Waals surface area (Å²) in [6.07, 6.45) is 5.45. The molecular weight excluding hydrogens is 416 g/mol. The molecule has 0 unspecified atom stereocenters. The van der Waals surface area contributed by atoms with Crippen LogP contribution in [0.15, 0.2) is 71.5 Å². The Balaban J connectivity index is 1.33. The average molecular weight is 435 g/mol. The summed E-state index contributed by atoms with van der Waals surface area (Å²) in [5.41, 5.74) is 1.86. The number of rotatable bonds is 7. The number of hydrogen-bond acceptors (Lipinski definition) is 5. The second-order valence-electron chi connectivity index (χ2n) is 6.91. The van der Waals surface area contributed by atoms with E-state index >= 15 is 0 Å².